The summed E-state index contributed by atoms with van der Waals surface area (Å²) in [5, 5.41) is 7.61. The molecule has 0 radical (unpaired) electrons. The molecule has 1 amide bonds. The number of hydrogen-bond donors (Lipinski definition) is 1. The number of nitrogens with one attached hydrogen (secondary N) is 1. The van der Waals surface area contributed by atoms with Crippen molar-refractivity contribution in [3.63, 3.8) is 0 Å². The number of aryl methyl sites for hydroxylation is 2. The van der Waals surface area contributed by atoms with Crippen LogP contribution < -0.4 is 10.1 Å². The maximum atomic E-state index is 12.7. The number of amides is 1. The normalized spacial score (nSPS) is 11.9. The molecule has 28 heavy (non-hydrogen) atoms. The molecule has 1 unspecified atom stereocenters. The Morgan fingerprint density at radius 2 is 1.79 bits per heavy atom. The zero-order valence-corrected chi connectivity index (χ0v) is 16.9. The third-order valence-corrected chi connectivity index (χ3v) is 4.88. The largest absolute Gasteiger partial charge is 0.497 e. The van der Waals surface area contributed by atoms with Crippen LogP contribution in [0.4, 0.5) is 0 Å². The Labute approximate surface area is 166 Å². The molecule has 0 saturated carbocycles. The SMILES string of the molecule is CCC(NC(=O)c1ccc(Cn2nc(C)cc2C)cc1)c1ccc(OC)cc1. The van der Waals surface area contributed by atoms with E-state index >= 15 is 0 Å². The van der Waals surface area contributed by atoms with E-state index in [9.17, 15) is 4.79 Å². The quantitative estimate of drug-likeness (QED) is 0.662. The summed E-state index contributed by atoms with van der Waals surface area (Å²) >= 11 is 0. The number of carbonyl (C=O) groups excluding carboxylic acids is 1. The second-order valence-corrected chi connectivity index (χ2v) is 6.99. The summed E-state index contributed by atoms with van der Waals surface area (Å²) in [5.74, 6) is 0.739. The van der Waals surface area contributed by atoms with Crippen molar-refractivity contribution in [3.05, 3.63) is 82.7 Å². The molecule has 1 aromatic heterocycles. The van der Waals surface area contributed by atoms with E-state index in [4.69, 9.17) is 4.74 Å². The third-order valence-electron chi connectivity index (χ3n) is 4.88. The fourth-order valence-electron chi connectivity index (χ4n) is 3.27. The summed E-state index contributed by atoms with van der Waals surface area (Å²) in [6.07, 6.45) is 0.814. The molecular formula is C23H27N3O2. The summed E-state index contributed by atoms with van der Waals surface area (Å²) in [7, 11) is 1.65. The predicted molar refractivity (Wildman–Crippen MR) is 111 cm³/mol. The molecule has 2 aromatic carbocycles. The molecule has 1 atom stereocenters. The summed E-state index contributed by atoms with van der Waals surface area (Å²) < 4.78 is 7.18. The van der Waals surface area contributed by atoms with Crippen molar-refractivity contribution in [1.82, 2.24) is 15.1 Å². The molecule has 0 aliphatic rings. The molecule has 1 N–H and O–H groups in total. The molecule has 0 aliphatic carbocycles. The molecule has 3 rings (SSSR count). The Bertz CT molecular complexity index is 927. The van der Waals surface area contributed by atoms with Crippen LogP contribution >= 0.6 is 0 Å². The van der Waals surface area contributed by atoms with Crippen LogP contribution in [-0.2, 0) is 6.54 Å². The van der Waals surface area contributed by atoms with Crippen molar-refractivity contribution in [1.29, 1.82) is 0 Å². The van der Waals surface area contributed by atoms with Gasteiger partial charge < -0.3 is 10.1 Å². The lowest BCUT2D eigenvalue weighted by Gasteiger charge is -2.18. The van der Waals surface area contributed by atoms with Gasteiger partial charge >= 0.3 is 0 Å². The van der Waals surface area contributed by atoms with Crippen molar-refractivity contribution >= 4 is 5.91 Å². The monoisotopic (exact) mass is 377 g/mol. The molecule has 0 aliphatic heterocycles. The molecule has 5 nitrogen and oxygen atoms in total. The van der Waals surface area contributed by atoms with E-state index < -0.39 is 0 Å². The molecule has 0 fully saturated rings. The van der Waals surface area contributed by atoms with Crippen molar-refractivity contribution in [3.8, 4) is 5.75 Å². The first-order chi connectivity index (χ1) is 13.5. The van der Waals surface area contributed by atoms with Crippen molar-refractivity contribution in [2.24, 2.45) is 0 Å². The number of methoxy groups -OCH3 is 1. The minimum absolute atomic E-state index is 0.0345. The van der Waals surface area contributed by atoms with E-state index in [2.05, 4.69) is 23.4 Å². The number of carbonyl (C=O) groups is 1. The molecule has 0 bridgehead atoms. The van der Waals surface area contributed by atoms with Crippen LogP contribution in [0.2, 0.25) is 0 Å². The zero-order valence-electron chi connectivity index (χ0n) is 16.9. The average molecular weight is 377 g/mol. The average Bonchev–Trinajstić information content (AvgIpc) is 3.03. The zero-order chi connectivity index (χ0) is 20.1. The molecule has 0 saturated heterocycles. The first-order valence-electron chi connectivity index (χ1n) is 9.55. The highest BCUT2D eigenvalue weighted by atomic mass is 16.5. The third kappa shape index (κ3) is 4.60. The van der Waals surface area contributed by atoms with Gasteiger partial charge in [0.1, 0.15) is 5.75 Å². The van der Waals surface area contributed by atoms with Gasteiger partial charge in [-0.25, -0.2) is 0 Å². The van der Waals surface area contributed by atoms with Gasteiger partial charge in [-0.05, 0) is 61.7 Å². The Hall–Kier alpha value is -3.08. The number of rotatable bonds is 7. The first-order valence-corrected chi connectivity index (χ1v) is 9.55. The highest BCUT2D eigenvalue weighted by Crippen LogP contribution is 2.21. The predicted octanol–water partition coefficient (Wildman–Crippen LogP) is 4.44. The van der Waals surface area contributed by atoms with E-state index in [-0.39, 0.29) is 11.9 Å². The Balaban J connectivity index is 1.66. The minimum Gasteiger partial charge on any atom is -0.497 e. The summed E-state index contributed by atoms with van der Waals surface area (Å²) in [4.78, 5) is 12.7. The van der Waals surface area contributed by atoms with E-state index in [1.54, 1.807) is 7.11 Å². The van der Waals surface area contributed by atoms with Gasteiger partial charge in [-0.15, -0.1) is 0 Å². The Morgan fingerprint density at radius 3 is 2.32 bits per heavy atom. The summed E-state index contributed by atoms with van der Waals surface area (Å²) in [6, 6.07) is 17.6. The van der Waals surface area contributed by atoms with Crippen LogP contribution in [0.25, 0.3) is 0 Å². The number of nitrogens with zero attached hydrogens (tertiary/aromatic N) is 2. The fraction of sp³-hybridized carbons (Fsp3) is 0.304. The Morgan fingerprint density at radius 1 is 1.11 bits per heavy atom. The van der Waals surface area contributed by atoms with Crippen LogP contribution in [0.1, 0.15) is 52.3 Å². The molecule has 3 aromatic rings. The maximum Gasteiger partial charge on any atom is 0.251 e. The number of aromatic nitrogens is 2. The topological polar surface area (TPSA) is 56.2 Å². The number of hydrogen-bond acceptors (Lipinski definition) is 3. The molecule has 1 heterocycles. The van der Waals surface area contributed by atoms with E-state index in [0.29, 0.717) is 12.1 Å². The van der Waals surface area contributed by atoms with Crippen molar-refractivity contribution in [2.75, 3.05) is 7.11 Å². The molecule has 146 valence electrons. The van der Waals surface area contributed by atoms with Gasteiger partial charge in [-0.1, -0.05) is 31.2 Å². The minimum atomic E-state index is -0.0691. The summed E-state index contributed by atoms with van der Waals surface area (Å²) in [5.41, 5.74) is 4.98. The second-order valence-electron chi connectivity index (χ2n) is 6.99. The van der Waals surface area contributed by atoms with Crippen LogP contribution in [0.3, 0.4) is 0 Å². The maximum absolute atomic E-state index is 12.7. The summed E-state index contributed by atoms with van der Waals surface area (Å²) in [6.45, 7) is 6.80. The van der Waals surface area contributed by atoms with Crippen molar-refractivity contribution < 1.29 is 9.53 Å². The van der Waals surface area contributed by atoms with Gasteiger partial charge in [0.05, 0.1) is 25.4 Å². The number of ether oxygens (including phenoxy) is 1. The molecule has 5 heteroatoms. The molecule has 0 spiro atoms. The lowest BCUT2D eigenvalue weighted by molar-refractivity contribution is 0.0935. The van der Waals surface area contributed by atoms with Crippen molar-refractivity contribution in [2.45, 2.75) is 39.8 Å². The lowest BCUT2D eigenvalue weighted by atomic mass is 10.0. The smallest absolute Gasteiger partial charge is 0.251 e. The van der Waals surface area contributed by atoms with Crippen LogP contribution in [0, 0.1) is 13.8 Å². The van der Waals surface area contributed by atoms with E-state index in [0.717, 1.165) is 34.7 Å². The molecular weight excluding hydrogens is 350 g/mol. The van der Waals surface area contributed by atoms with Crippen LogP contribution in [0.5, 0.6) is 5.75 Å². The second kappa shape index (κ2) is 8.74. The van der Waals surface area contributed by atoms with Gasteiger partial charge in [0, 0.05) is 11.3 Å². The van der Waals surface area contributed by atoms with Gasteiger partial charge in [-0.3, -0.25) is 9.48 Å². The van der Waals surface area contributed by atoms with E-state index in [1.165, 1.54) is 0 Å². The van der Waals surface area contributed by atoms with E-state index in [1.807, 2.05) is 67.1 Å². The Kier molecular flexibility index (Phi) is 6.14. The van der Waals surface area contributed by atoms with Gasteiger partial charge in [0.2, 0.25) is 0 Å². The highest BCUT2D eigenvalue weighted by molar-refractivity contribution is 5.94. The fourth-order valence-corrected chi connectivity index (χ4v) is 3.27. The lowest BCUT2D eigenvalue weighted by Crippen LogP contribution is -2.28. The standard InChI is InChI=1S/C23H27N3O2/c1-5-22(19-10-12-21(28-4)13-11-19)24-23(27)20-8-6-18(7-9-20)15-26-17(3)14-16(2)25-26/h6-14,22H,5,15H2,1-4H3,(H,24,27). The van der Waals surface area contributed by atoms with Crippen LogP contribution in [-0.4, -0.2) is 22.8 Å². The van der Waals surface area contributed by atoms with Gasteiger partial charge in [-0.2, -0.15) is 5.10 Å². The van der Waals surface area contributed by atoms with Gasteiger partial charge in [0.25, 0.3) is 5.91 Å². The number of benzene rings is 2. The first kappa shape index (κ1) is 19.7. The van der Waals surface area contributed by atoms with Crippen LogP contribution in [0.15, 0.2) is 54.6 Å². The highest BCUT2D eigenvalue weighted by Gasteiger charge is 2.14. The van der Waals surface area contributed by atoms with Gasteiger partial charge in [0.15, 0.2) is 0 Å².